The Kier molecular flexibility index (Phi) is 7.66. The first-order valence-corrected chi connectivity index (χ1v) is 5.30. The van der Waals surface area contributed by atoms with Crippen LogP contribution in [0.3, 0.4) is 0 Å². The molecule has 0 N–H and O–H groups in total. The van der Waals surface area contributed by atoms with Gasteiger partial charge in [0.1, 0.15) is 6.29 Å². The number of allylic oxidation sites excluding steroid dienone is 2. The highest BCUT2D eigenvalue weighted by molar-refractivity contribution is 5.49. The van der Waals surface area contributed by atoms with E-state index >= 15 is 0 Å². The molecule has 0 saturated carbocycles. The Morgan fingerprint density at radius 3 is 2.62 bits per heavy atom. The highest BCUT2D eigenvalue weighted by atomic mass is 16.1. The Balaban J connectivity index is 3.61. The van der Waals surface area contributed by atoms with Crippen molar-refractivity contribution >= 4 is 6.29 Å². The van der Waals surface area contributed by atoms with Gasteiger partial charge in [-0.15, -0.1) is 0 Å². The summed E-state index contributed by atoms with van der Waals surface area (Å²) in [6, 6.07) is 0. The zero-order chi connectivity index (χ0) is 10.1. The van der Waals surface area contributed by atoms with Gasteiger partial charge in [0.05, 0.1) is 0 Å². The lowest BCUT2D eigenvalue weighted by Crippen LogP contribution is -1.93. The zero-order valence-corrected chi connectivity index (χ0v) is 9.18. The van der Waals surface area contributed by atoms with Crippen molar-refractivity contribution in [2.75, 3.05) is 0 Å². The van der Waals surface area contributed by atoms with Gasteiger partial charge in [0.25, 0.3) is 0 Å². The quantitative estimate of drug-likeness (QED) is 0.433. The van der Waals surface area contributed by atoms with Gasteiger partial charge in [-0.1, -0.05) is 31.9 Å². The van der Waals surface area contributed by atoms with Crippen LogP contribution in [-0.2, 0) is 4.79 Å². The third-order valence-corrected chi connectivity index (χ3v) is 2.29. The van der Waals surface area contributed by atoms with Crippen LogP contribution in [0.25, 0.3) is 0 Å². The van der Waals surface area contributed by atoms with Gasteiger partial charge in [-0.05, 0) is 32.1 Å². The van der Waals surface area contributed by atoms with Crippen molar-refractivity contribution < 1.29 is 4.79 Å². The molecule has 0 saturated heterocycles. The summed E-state index contributed by atoms with van der Waals surface area (Å²) in [4.78, 5) is 10.2. The van der Waals surface area contributed by atoms with Crippen molar-refractivity contribution in [3.63, 3.8) is 0 Å². The van der Waals surface area contributed by atoms with E-state index in [9.17, 15) is 4.79 Å². The van der Waals surface area contributed by atoms with Crippen molar-refractivity contribution in [2.24, 2.45) is 5.92 Å². The van der Waals surface area contributed by atoms with Crippen molar-refractivity contribution in [3.8, 4) is 0 Å². The molecule has 0 amide bonds. The van der Waals surface area contributed by atoms with Crippen molar-refractivity contribution in [3.05, 3.63) is 11.6 Å². The van der Waals surface area contributed by atoms with E-state index in [1.54, 1.807) is 0 Å². The molecule has 0 aromatic heterocycles. The number of unbranched alkanes of at least 4 members (excludes halogenated alkanes) is 1. The number of carbonyl (C=O) groups excluding carboxylic acids is 1. The molecular formula is C12H22O. The number of hydrogen-bond donors (Lipinski definition) is 0. The SMILES string of the molecule is CCCCC(C)=CCC(C)CC=O. The molecule has 0 radical (unpaired) electrons. The molecule has 0 rings (SSSR count). The Bertz CT molecular complexity index is 159. The lowest BCUT2D eigenvalue weighted by atomic mass is 10.0. The van der Waals surface area contributed by atoms with E-state index in [0.717, 1.165) is 12.7 Å². The van der Waals surface area contributed by atoms with E-state index in [1.807, 2.05) is 0 Å². The molecular weight excluding hydrogens is 160 g/mol. The van der Waals surface area contributed by atoms with Crippen LogP contribution in [0.1, 0.15) is 52.9 Å². The third-order valence-electron chi connectivity index (χ3n) is 2.29. The number of rotatable bonds is 7. The molecule has 0 aliphatic carbocycles. The van der Waals surface area contributed by atoms with Crippen LogP contribution in [0.5, 0.6) is 0 Å². The number of aldehydes is 1. The van der Waals surface area contributed by atoms with Gasteiger partial charge in [-0.3, -0.25) is 0 Å². The lowest BCUT2D eigenvalue weighted by molar-refractivity contribution is -0.108. The van der Waals surface area contributed by atoms with Crippen molar-refractivity contribution in [2.45, 2.75) is 52.9 Å². The summed E-state index contributed by atoms with van der Waals surface area (Å²) in [7, 11) is 0. The maximum absolute atomic E-state index is 10.2. The summed E-state index contributed by atoms with van der Waals surface area (Å²) in [6.45, 7) is 6.52. The van der Waals surface area contributed by atoms with Crippen LogP contribution in [0.4, 0.5) is 0 Å². The van der Waals surface area contributed by atoms with Gasteiger partial charge in [0.15, 0.2) is 0 Å². The molecule has 1 atom stereocenters. The highest BCUT2D eigenvalue weighted by Crippen LogP contribution is 2.12. The maximum atomic E-state index is 10.2. The third kappa shape index (κ3) is 7.76. The molecule has 0 fully saturated rings. The summed E-state index contributed by atoms with van der Waals surface area (Å²) in [6.07, 6.45) is 8.79. The minimum atomic E-state index is 0.508. The second-order valence-corrected chi connectivity index (χ2v) is 3.90. The topological polar surface area (TPSA) is 17.1 Å². The predicted octanol–water partition coefficient (Wildman–Crippen LogP) is 3.74. The molecule has 0 heterocycles. The van der Waals surface area contributed by atoms with Gasteiger partial charge in [0, 0.05) is 6.42 Å². The molecule has 13 heavy (non-hydrogen) atoms. The number of hydrogen-bond acceptors (Lipinski definition) is 1. The molecule has 76 valence electrons. The summed E-state index contributed by atoms with van der Waals surface area (Å²) >= 11 is 0. The largest absolute Gasteiger partial charge is 0.303 e. The summed E-state index contributed by atoms with van der Waals surface area (Å²) in [5, 5.41) is 0. The van der Waals surface area contributed by atoms with Crippen LogP contribution in [0.15, 0.2) is 11.6 Å². The fourth-order valence-electron chi connectivity index (χ4n) is 1.22. The molecule has 1 nitrogen and oxygen atoms in total. The van der Waals surface area contributed by atoms with Gasteiger partial charge in [-0.25, -0.2) is 0 Å². The summed E-state index contributed by atoms with van der Waals surface area (Å²) in [5.74, 6) is 0.508. The first kappa shape index (κ1) is 12.4. The van der Waals surface area contributed by atoms with E-state index in [4.69, 9.17) is 0 Å². The first-order valence-electron chi connectivity index (χ1n) is 5.30. The second-order valence-electron chi connectivity index (χ2n) is 3.90. The van der Waals surface area contributed by atoms with Crippen molar-refractivity contribution in [1.82, 2.24) is 0 Å². The minimum absolute atomic E-state index is 0.508. The monoisotopic (exact) mass is 182 g/mol. The van der Waals surface area contributed by atoms with E-state index in [2.05, 4.69) is 26.8 Å². The van der Waals surface area contributed by atoms with E-state index in [-0.39, 0.29) is 0 Å². The fraction of sp³-hybridized carbons (Fsp3) is 0.750. The van der Waals surface area contributed by atoms with Crippen LogP contribution in [0.2, 0.25) is 0 Å². The van der Waals surface area contributed by atoms with Gasteiger partial charge < -0.3 is 4.79 Å². The van der Waals surface area contributed by atoms with E-state index in [0.29, 0.717) is 12.3 Å². The van der Waals surface area contributed by atoms with E-state index < -0.39 is 0 Å². The lowest BCUT2D eigenvalue weighted by Gasteiger charge is -2.04. The van der Waals surface area contributed by atoms with Crippen LogP contribution in [-0.4, -0.2) is 6.29 Å². The molecule has 0 aromatic rings. The Morgan fingerprint density at radius 1 is 1.38 bits per heavy atom. The standard InChI is InChI=1S/C12H22O/c1-4-5-6-11(2)7-8-12(3)9-10-13/h7,10,12H,4-6,8-9H2,1-3H3. The van der Waals surface area contributed by atoms with Crippen LogP contribution in [0, 0.1) is 5.92 Å². The molecule has 0 aromatic carbocycles. The average molecular weight is 182 g/mol. The normalized spacial score (nSPS) is 14.2. The molecule has 0 aliphatic heterocycles. The van der Waals surface area contributed by atoms with Crippen LogP contribution < -0.4 is 0 Å². The Morgan fingerprint density at radius 2 is 2.08 bits per heavy atom. The summed E-state index contributed by atoms with van der Waals surface area (Å²) in [5.41, 5.74) is 1.47. The average Bonchev–Trinajstić information content (AvgIpc) is 2.12. The number of carbonyl (C=O) groups is 1. The fourth-order valence-corrected chi connectivity index (χ4v) is 1.22. The minimum Gasteiger partial charge on any atom is -0.303 e. The van der Waals surface area contributed by atoms with Crippen LogP contribution >= 0.6 is 0 Å². The second kappa shape index (κ2) is 8.03. The summed E-state index contributed by atoms with van der Waals surface area (Å²) < 4.78 is 0. The molecule has 0 bridgehead atoms. The molecule has 1 unspecified atom stereocenters. The Labute approximate surface area is 82.2 Å². The molecule has 0 spiro atoms. The van der Waals surface area contributed by atoms with Crippen molar-refractivity contribution in [1.29, 1.82) is 0 Å². The van der Waals surface area contributed by atoms with Gasteiger partial charge in [-0.2, -0.15) is 0 Å². The highest BCUT2D eigenvalue weighted by Gasteiger charge is 1.98. The maximum Gasteiger partial charge on any atom is 0.120 e. The van der Waals surface area contributed by atoms with Gasteiger partial charge >= 0.3 is 0 Å². The first-order chi connectivity index (χ1) is 6.20. The smallest absolute Gasteiger partial charge is 0.120 e. The Hall–Kier alpha value is -0.590. The van der Waals surface area contributed by atoms with Gasteiger partial charge in [0.2, 0.25) is 0 Å². The zero-order valence-electron chi connectivity index (χ0n) is 9.18. The molecule has 1 heteroatoms. The van der Waals surface area contributed by atoms with E-state index in [1.165, 1.54) is 24.8 Å². The predicted molar refractivity (Wildman–Crippen MR) is 57.7 cm³/mol. The molecule has 0 aliphatic rings.